The molecule has 6 heteroatoms. The Balaban J connectivity index is 4.91. The summed E-state index contributed by atoms with van der Waals surface area (Å²) in [5, 5.41) is 24.6. The number of aliphatic carboxylic acids is 2. The van der Waals surface area contributed by atoms with Crippen molar-refractivity contribution in [1.82, 2.24) is 10.6 Å². The second kappa shape index (κ2) is 13.6. The Labute approximate surface area is 155 Å². The van der Waals surface area contributed by atoms with Crippen LogP contribution in [0.2, 0.25) is 0 Å². The molecule has 0 radical (unpaired) electrons. The summed E-state index contributed by atoms with van der Waals surface area (Å²) in [6.07, 6.45) is 13.3. The Morgan fingerprint density at radius 2 is 1.50 bits per heavy atom. The van der Waals surface area contributed by atoms with Crippen molar-refractivity contribution >= 4 is 11.9 Å². The van der Waals surface area contributed by atoms with E-state index in [1.54, 1.807) is 49.5 Å². The van der Waals surface area contributed by atoms with Gasteiger partial charge in [-0.05, 0) is 25.0 Å². The van der Waals surface area contributed by atoms with Crippen molar-refractivity contribution in [3.63, 3.8) is 0 Å². The molecular weight excluding hydrogens is 332 g/mol. The summed E-state index contributed by atoms with van der Waals surface area (Å²) in [4.78, 5) is 22.9. The van der Waals surface area contributed by atoms with Crippen LogP contribution >= 0.6 is 0 Å². The highest BCUT2D eigenvalue weighted by Crippen LogP contribution is 2.07. The van der Waals surface area contributed by atoms with Crippen LogP contribution in [-0.4, -0.2) is 47.3 Å². The second-order valence-corrected chi connectivity index (χ2v) is 5.23. The zero-order chi connectivity index (χ0) is 19.9. The maximum atomic E-state index is 11.5. The largest absolute Gasteiger partial charge is 0.480 e. The quantitative estimate of drug-likeness (QED) is 0.297. The topological polar surface area (TPSA) is 98.7 Å². The van der Waals surface area contributed by atoms with Crippen LogP contribution in [0.25, 0.3) is 0 Å². The van der Waals surface area contributed by atoms with Gasteiger partial charge < -0.3 is 10.2 Å². The molecule has 0 aliphatic rings. The molecule has 0 aromatic rings. The Hall–Kier alpha value is -2.70. The third-order valence-corrected chi connectivity index (χ3v) is 3.46. The van der Waals surface area contributed by atoms with Crippen molar-refractivity contribution < 1.29 is 19.8 Å². The fraction of sp³-hybridized carbons (Fsp3) is 0.300. The van der Waals surface area contributed by atoms with E-state index in [-0.39, 0.29) is 13.1 Å². The van der Waals surface area contributed by atoms with E-state index in [9.17, 15) is 19.8 Å². The molecule has 0 aliphatic heterocycles. The first kappa shape index (κ1) is 23.3. The van der Waals surface area contributed by atoms with E-state index in [2.05, 4.69) is 23.8 Å². The summed E-state index contributed by atoms with van der Waals surface area (Å²) in [6, 6.07) is -1.81. The van der Waals surface area contributed by atoms with Crippen LogP contribution in [0, 0.1) is 0 Å². The molecule has 0 fully saturated rings. The normalized spacial score (nSPS) is 15.2. The number of carboxylic acids is 2. The van der Waals surface area contributed by atoms with Gasteiger partial charge in [0.05, 0.1) is 0 Å². The number of hydrogen-bond donors (Lipinski definition) is 4. The van der Waals surface area contributed by atoms with Crippen LogP contribution in [0.15, 0.2) is 72.9 Å². The number of carboxylic acid groups (broad SMARTS) is 2. The first-order valence-corrected chi connectivity index (χ1v) is 8.25. The summed E-state index contributed by atoms with van der Waals surface area (Å²) < 4.78 is 0. The van der Waals surface area contributed by atoms with Crippen LogP contribution in [0.1, 0.15) is 13.8 Å². The average molecular weight is 360 g/mol. The van der Waals surface area contributed by atoms with Crippen LogP contribution in [-0.2, 0) is 9.59 Å². The summed E-state index contributed by atoms with van der Waals surface area (Å²) in [5.41, 5.74) is 1.11. The first-order valence-electron chi connectivity index (χ1n) is 8.25. The van der Waals surface area contributed by atoms with Crippen molar-refractivity contribution in [2.75, 3.05) is 13.1 Å². The number of nitrogens with one attached hydrogen (secondary N) is 2. The molecule has 0 bridgehead atoms. The Bertz CT molecular complexity index is 615. The third-order valence-electron chi connectivity index (χ3n) is 3.46. The van der Waals surface area contributed by atoms with Gasteiger partial charge in [0.2, 0.25) is 0 Å². The molecule has 4 N–H and O–H groups in total. The van der Waals surface area contributed by atoms with Gasteiger partial charge in [0.1, 0.15) is 12.1 Å². The Morgan fingerprint density at radius 1 is 0.962 bits per heavy atom. The minimum absolute atomic E-state index is 0.268. The van der Waals surface area contributed by atoms with Gasteiger partial charge in [0.15, 0.2) is 0 Å². The average Bonchev–Trinajstić information content (AvgIpc) is 2.61. The maximum absolute atomic E-state index is 11.5. The van der Waals surface area contributed by atoms with Crippen LogP contribution in [0.5, 0.6) is 0 Å². The Morgan fingerprint density at radius 3 is 1.88 bits per heavy atom. The molecule has 0 aliphatic carbocycles. The van der Waals surface area contributed by atoms with Gasteiger partial charge in [0.25, 0.3) is 0 Å². The molecule has 142 valence electrons. The summed E-state index contributed by atoms with van der Waals surface area (Å²) in [7, 11) is 0. The molecule has 0 rings (SSSR count). The first-order chi connectivity index (χ1) is 12.4. The van der Waals surface area contributed by atoms with Crippen molar-refractivity contribution in [3.05, 3.63) is 72.9 Å². The zero-order valence-electron chi connectivity index (χ0n) is 15.3. The minimum Gasteiger partial charge on any atom is -0.480 e. The molecular formula is C20H28N2O4. The highest BCUT2D eigenvalue weighted by molar-refractivity contribution is 5.79. The lowest BCUT2D eigenvalue weighted by Crippen LogP contribution is -2.45. The third kappa shape index (κ3) is 8.41. The van der Waals surface area contributed by atoms with Gasteiger partial charge in [0, 0.05) is 13.1 Å². The fourth-order valence-corrected chi connectivity index (χ4v) is 2.16. The molecule has 0 saturated heterocycles. The van der Waals surface area contributed by atoms with Gasteiger partial charge >= 0.3 is 11.9 Å². The van der Waals surface area contributed by atoms with Gasteiger partial charge in [-0.15, -0.1) is 0 Å². The zero-order valence-corrected chi connectivity index (χ0v) is 15.3. The van der Waals surface area contributed by atoms with Gasteiger partial charge in [-0.3, -0.25) is 20.2 Å². The number of allylic oxidation sites excluding steroid dienone is 6. The number of hydrogen-bond acceptors (Lipinski definition) is 4. The molecule has 2 unspecified atom stereocenters. The SMILES string of the molecule is C=C/C=C\C(=C/C)C(NCCNC(C(=O)O)/C(C=C)=C/C=C\C)C(=O)O. The van der Waals surface area contributed by atoms with E-state index in [0.717, 1.165) is 0 Å². The summed E-state index contributed by atoms with van der Waals surface area (Å²) in [6.45, 7) is 11.3. The highest BCUT2D eigenvalue weighted by atomic mass is 16.4. The van der Waals surface area contributed by atoms with Crippen molar-refractivity contribution in [2.24, 2.45) is 0 Å². The second-order valence-electron chi connectivity index (χ2n) is 5.23. The number of rotatable bonds is 13. The molecule has 0 aromatic heterocycles. The van der Waals surface area contributed by atoms with Crippen LogP contribution < -0.4 is 10.6 Å². The molecule has 0 heterocycles. The minimum atomic E-state index is -1.03. The number of carbonyl (C=O) groups is 2. The predicted octanol–water partition coefficient (Wildman–Crippen LogP) is 2.45. The van der Waals surface area contributed by atoms with Crippen LogP contribution in [0.3, 0.4) is 0 Å². The van der Waals surface area contributed by atoms with E-state index in [1.807, 2.05) is 6.92 Å². The van der Waals surface area contributed by atoms with E-state index in [0.29, 0.717) is 11.1 Å². The molecule has 6 nitrogen and oxygen atoms in total. The van der Waals surface area contributed by atoms with E-state index >= 15 is 0 Å². The molecule has 0 amide bonds. The van der Waals surface area contributed by atoms with Gasteiger partial charge in [-0.2, -0.15) is 0 Å². The van der Waals surface area contributed by atoms with E-state index in [1.165, 1.54) is 6.08 Å². The van der Waals surface area contributed by atoms with Crippen molar-refractivity contribution in [2.45, 2.75) is 25.9 Å². The molecule has 0 spiro atoms. The summed E-state index contributed by atoms with van der Waals surface area (Å²) in [5.74, 6) is -2.04. The lowest BCUT2D eigenvalue weighted by atomic mass is 10.1. The van der Waals surface area contributed by atoms with Crippen LogP contribution in [0.4, 0.5) is 0 Å². The highest BCUT2D eigenvalue weighted by Gasteiger charge is 2.21. The lowest BCUT2D eigenvalue weighted by Gasteiger charge is -2.18. The van der Waals surface area contributed by atoms with E-state index < -0.39 is 24.0 Å². The predicted molar refractivity (Wildman–Crippen MR) is 105 cm³/mol. The van der Waals surface area contributed by atoms with Crippen molar-refractivity contribution in [3.8, 4) is 0 Å². The molecule has 0 aromatic carbocycles. The molecule has 2 atom stereocenters. The maximum Gasteiger partial charge on any atom is 0.325 e. The molecule has 0 saturated carbocycles. The smallest absolute Gasteiger partial charge is 0.325 e. The van der Waals surface area contributed by atoms with E-state index in [4.69, 9.17) is 0 Å². The van der Waals surface area contributed by atoms with Gasteiger partial charge in [-0.25, -0.2) is 0 Å². The lowest BCUT2D eigenvalue weighted by molar-refractivity contribution is -0.139. The molecule has 26 heavy (non-hydrogen) atoms. The fourth-order valence-electron chi connectivity index (χ4n) is 2.16. The monoisotopic (exact) mass is 360 g/mol. The Kier molecular flexibility index (Phi) is 12.2. The van der Waals surface area contributed by atoms with Gasteiger partial charge in [-0.1, -0.05) is 61.8 Å². The summed E-state index contributed by atoms with van der Waals surface area (Å²) >= 11 is 0. The standard InChI is InChI=1S/C20H28N2O4/c1-5-9-11-15(7-3)17(19(23)24)21-13-14-22-18(20(25)26)16(8-4)12-10-6-2/h5-12,17-18,21-22H,1,4,13-14H2,2-3H3,(H,23,24)(H,25,26)/b10-6-,11-9-,15-7+,16-12+. The van der Waals surface area contributed by atoms with Crippen molar-refractivity contribution in [1.29, 1.82) is 0 Å².